The van der Waals surface area contributed by atoms with Crippen molar-refractivity contribution in [3.8, 4) is 5.75 Å². The van der Waals surface area contributed by atoms with Crippen molar-refractivity contribution in [2.45, 2.75) is 13.0 Å². The standard InChI is InChI=1S/C15H15BrO2/c1-2-18-14-8-6-11(7-9-14)15(17)12-4-3-5-13(16)10-12/h3-10,15,17H,2H2,1H3/t15-/m1/s1. The fraction of sp³-hybridized carbons (Fsp3) is 0.200. The molecule has 0 aliphatic rings. The van der Waals surface area contributed by atoms with Crippen LogP contribution in [0, 0.1) is 0 Å². The number of aliphatic hydroxyl groups is 1. The van der Waals surface area contributed by atoms with Crippen LogP contribution < -0.4 is 4.74 Å². The molecule has 0 aliphatic carbocycles. The van der Waals surface area contributed by atoms with Crippen LogP contribution in [0.2, 0.25) is 0 Å². The topological polar surface area (TPSA) is 29.5 Å². The highest BCUT2D eigenvalue weighted by Crippen LogP contribution is 2.25. The van der Waals surface area contributed by atoms with Crippen LogP contribution in [0.5, 0.6) is 5.75 Å². The maximum absolute atomic E-state index is 10.3. The van der Waals surface area contributed by atoms with Crippen LogP contribution in [0.15, 0.2) is 53.0 Å². The van der Waals surface area contributed by atoms with Gasteiger partial charge in [0.2, 0.25) is 0 Å². The van der Waals surface area contributed by atoms with Crippen LogP contribution in [-0.2, 0) is 0 Å². The Hall–Kier alpha value is -1.32. The van der Waals surface area contributed by atoms with E-state index in [2.05, 4.69) is 15.9 Å². The van der Waals surface area contributed by atoms with E-state index in [-0.39, 0.29) is 0 Å². The van der Waals surface area contributed by atoms with Gasteiger partial charge in [0.25, 0.3) is 0 Å². The number of hydrogen-bond donors (Lipinski definition) is 1. The van der Waals surface area contributed by atoms with Gasteiger partial charge in [-0.15, -0.1) is 0 Å². The zero-order chi connectivity index (χ0) is 13.0. The Morgan fingerprint density at radius 2 is 1.83 bits per heavy atom. The van der Waals surface area contributed by atoms with Gasteiger partial charge in [-0.05, 0) is 42.3 Å². The summed E-state index contributed by atoms with van der Waals surface area (Å²) >= 11 is 3.40. The summed E-state index contributed by atoms with van der Waals surface area (Å²) in [6.07, 6.45) is -0.613. The van der Waals surface area contributed by atoms with E-state index in [0.29, 0.717) is 6.61 Å². The molecule has 0 amide bonds. The number of halogens is 1. The summed E-state index contributed by atoms with van der Waals surface area (Å²) in [6.45, 7) is 2.60. The molecule has 0 heterocycles. The first-order valence-corrected chi connectivity index (χ1v) is 6.66. The first-order chi connectivity index (χ1) is 8.70. The first kappa shape index (κ1) is 13.1. The molecule has 0 aromatic heterocycles. The second kappa shape index (κ2) is 6.03. The molecule has 1 N–H and O–H groups in total. The summed E-state index contributed by atoms with van der Waals surface area (Å²) in [7, 11) is 0. The van der Waals surface area contributed by atoms with Crippen molar-refractivity contribution in [2.24, 2.45) is 0 Å². The Morgan fingerprint density at radius 1 is 1.11 bits per heavy atom. The molecule has 2 aromatic rings. The molecule has 1 atom stereocenters. The van der Waals surface area contributed by atoms with Gasteiger partial charge in [-0.3, -0.25) is 0 Å². The lowest BCUT2D eigenvalue weighted by atomic mass is 10.0. The Balaban J connectivity index is 2.20. The van der Waals surface area contributed by atoms with E-state index in [9.17, 15) is 5.11 Å². The van der Waals surface area contributed by atoms with E-state index in [0.717, 1.165) is 21.3 Å². The van der Waals surface area contributed by atoms with E-state index in [4.69, 9.17) is 4.74 Å². The molecule has 0 bridgehead atoms. The van der Waals surface area contributed by atoms with Crippen molar-refractivity contribution in [3.63, 3.8) is 0 Å². The fourth-order valence-corrected chi connectivity index (χ4v) is 2.20. The predicted molar refractivity (Wildman–Crippen MR) is 75.8 cm³/mol. The number of rotatable bonds is 4. The van der Waals surface area contributed by atoms with Gasteiger partial charge in [-0.25, -0.2) is 0 Å². The molecule has 0 saturated carbocycles. The van der Waals surface area contributed by atoms with Gasteiger partial charge in [0, 0.05) is 4.47 Å². The Labute approximate surface area is 115 Å². The van der Waals surface area contributed by atoms with Gasteiger partial charge in [-0.1, -0.05) is 40.2 Å². The summed E-state index contributed by atoms with van der Waals surface area (Å²) in [4.78, 5) is 0. The van der Waals surface area contributed by atoms with E-state index < -0.39 is 6.10 Å². The average molecular weight is 307 g/mol. The normalized spacial score (nSPS) is 12.2. The Bertz CT molecular complexity index is 508. The molecule has 94 valence electrons. The highest BCUT2D eigenvalue weighted by molar-refractivity contribution is 9.10. The fourth-order valence-electron chi connectivity index (χ4n) is 1.78. The Kier molecular flexibility index (Phi) is 4.39. The van der Waals surface area contributed by atoms with Gasteiger partial charge in [-0.2, -0.15) is 0 Å². The molecule has 0 spiro atoms. The molecule has 0 fully saturated rings. The monoisotopic (exact) mass is 306 g/mol. The van der Waals surface area contributed by atoms with E-state index in [1.54, 1.807) is 0 Å². The minimum absolute atomic E-state index is 0.613. The third-order valence-corrected chi connectivity index (χ3v) is 3.16. The molecule has 2 rings (SSSR count). The summed E-state index contributed by atoms with van der Waals surface area (Å²) < 4.78 is 6.34. The lowest BCUT2D eigenvalue weighted by molar-refractivity contribution is 0.220. The van der Waals surface area contributed by atoms with Crippen molar-refractivity contribution < 1.29 is 9.84 Å². The quantitative estimate of drug-likeness (QED) is 0.927. The number of benzene rings is 2. The lowest BCUT2D eigenvalue weighted by Gasteiger charge is -2.12. The van der Waals surface area contributed by atoms with Crippen LogP contribution in [0.1, 0.15) is 24.2 Å². The molecule has 18 heavy (non-hydrogen) atoms. The van der Waals surface area contributed by atoms with Crippen molar-refractivity contribution in [1.82, 2.24) is 0 Å². The van der Waals surface area contributed by atoms with Gasteiger partial charge in [0.1, 0.15) is 11.9 Å². The zero-order valence-corrected chi connectivity index (χ0v) is 11.7. The van der Waals surface area contributed by atoms with E-state index in [1.807, 2.05) is 55.5 Å². The third kappa shape index (κ3) is 3.12. The highest BCUT2D eigenvalue weighted by Gasteiger charge is 2.10. The number of hydrogen-bond acceptors (Lipinski definition) is 2. The lowest BCUT2D eigenvalue weighted by Crippen LogP contribution is -1.99. The molecule has 0 unspecified atom stereocenters. The van der Waals surface area contributed by atoms with E-state index >= 15 is 0 Å². The van der Waals surface area contributed by atoms with Crippen molar-refractivity contribution in [3.05, 3.63) is 64.1 Å². The van der Waals surface area contributed by atoms with Crippen LogP contribution in [0.3, 0.4) is 0 Å². The van der Waals surface area contributed by atoms with Crippen molar-refractivity contribution in [1.29, 1.82) is 0 Å². The SMILES string of the molecule is CCOc1ccc([C@@H](O)c2cccc(Br)c2)cc1. The average Bonchev–Trinajstić information content (AvgIpc) is 2.39. The Morgan fingerprint density at radius 3 is 2.44 bits per heavy atom. The summed E-state index contributed by atoms with van der Waals surface area (Å²) in [5, 5.41) is 10.3. The van der Waals surface area contributed by atoms with Crippen LogP contribution >= 0.6 is 15.9 Å². The molecular weight excluding hydrogens is 292 g/mol. The van der Waals surface area contributed by atoms with Crippen molar-refractivity contribution >= 4 is 15.9 Å². The minimum Gasteiger partial charge on any atom is -0.494 e. The summed E-state index contributed by atoms with van der Waals surface area (Å²) in [6, 6.07) is 15.2. The second-order valence-electron chi connectivity index (χ2n) is 3.96. The maximum Gasteiger partial charge on any atom is 0.119 e. The molecule has 0 radical (unpaired) electrons. The molecule has 3 heteroatoms. The molecule has 0 saturated heterocycles. The highest BCUT2D eigenvalue weighted by atomic mass is 79.9. The van der Waals surface area contributed by atoms with Gasteiger partial charge < -0.3 is 9.84 Å². The third-order valence-electron chi connectivity index (χ3n) is 2.67. The van der Waals surface area contributed by atoms with Gasteiger partial charge >= 0.3 is 0 Å². The summed E-state index contributed by atoms with van der Waals surface area (Å²) in [5.74, 6) is 0.822. The predicted octanol–water partition coefficient (Wildman–Crippen LogP) is 3.93. The van der Waals surface area contributed by atoms with Crippen molar-refractivity contribution in [2.75, 3.05) is 6.61 Å². The molecule has 2 nitrogen and oxygen atoms in total. The number of aliphatic hydroxyl groups excluding tert-OH is 1. The number of ether oxygens (including phenoxy) is 1. The molecule has 2 aromatic carbocycles. The summed E-state index contributed by atoms with van der Waals surface area (Å²) in [5.41, 5.74) is 1.73. The van der Waals surface area contributed by atoms with Crippen LogP contribution in [-0.4, -0.2) is 11.7 Å². The molecular formula is C15H15BrO2. The largest absolute Gasteiger partial charge is 0.494 e. The zero-order valence-electron chi connectivity index (χ0n) is 10.1. The van der Waals surface area contributed by atoms with Gasteiger partial charge in [0.05, 0.1) is 6.61 Å². The van der Waals surface area contributed by atoms with Crippen LogP contribution in [0.4, 0.5) is 0 Å². The second-order valence-corrected chi connectivity index (χ2v) is 4.88. The van der Waals surface area contributed by atoms with E-state index in [1.165, 1.54) is 0 Å². The van der Waals surface area contributed by atoms with Crippen LogP contribution in [0.25, 0.3) is 0 Å². The maximum atomic E-state index is 10.3. The first-order valence-electron chi connectivity index (χ1n) is 5.87. The molecule has 0 aliphatic heterocycles. The van der Waals surface area contributed by atoms with Gasteiger partial charge in [0.15, 0.2) is 0 Å². The smallest absolute Gasteiger partial charge is 0.119 e. The minimum atomic E-state index is -0.613.